The average molecular weight is 348 g/mol. The first-order valence-electron chi connectivity index (χ1n) is 7.71. The Morgan fingerprint density at radius 3 is 2.67 bits per heavy atom. The molecule has 1 aromatic carbocycles. The van der Waals surface area contributed by atoms with E-state index in [9.17, 15) is 14.9 Å². The molecule has 0 unspecified atom stereocenters. The summed E-state index contributed by atoms with van der Waals surface area (Å²) in [5.74, 6) is -0.411. The molecule has 24 heavy (non-hydrogen) atoms. The summed E-state index contributed by atoms with van der Waals surface area (Å²) in [5.41, 5.74) is 1.53. The zero-order valence-electron chi connectivity index (χ0n) is 13.3. The predicted octanol–water partition coefficient (Wildman–Crippen LogP) is 4.63. The summed E-state index contributed by atoms with van der Waals surface area (Å²) >= 11 is 5.96. The summed E-state index contributed by atoms with van der Waals surface area (Å²) in [6.45, 7) is 2.15. The number of pyridine rings is 1. The molecule has 7 heteroatoms. The number of carbonyl (C=O) groups is 1. The molecular formula is C17H18ClN3O3. The number of nitro benzene ring substituents is 1. The normalized spacial score (nSPS) is 10.4. The minimum absolute atomic E-state index is 0.105. The van der Waals surface area contributed by atoms with E-state index < -0.39 is 10.8 Å². The van der Waals surface area contributed by atoms with Gasteiger partial charge in [-0.25, -0.2) is 0 Å². The second kappa shape index (κ2) is 8.40. The third-order valence-corrected chi connectivity index (χ3v) is 3.85. The average Bonchev–Trinajstić information content (AvgIpc) is 2.57. The SMILES string of the molecule is CCCCCc1ccc(C(=O)Nc2ccc([N+](=O)[O-])cc2Cl)nc1. The second-order valence-electron chi connectivity index (χ2n) is 5.38. The molecule has 0 aliphatic rings. The highest BCUT2D eigenvalue weighted by Gasteiger charge is 2.13. The first-order valence-corrected chi connectivity index (χ1v) is 8.09. The van der Waals surface area contributed by atoms with Crippen molar-refractivity contribution in [2.45, 2.75) is 32.6 Å². The van der Waals surface area contributed by atoms with E-state index in [0.717, 1.165) is 24.8 Å². The highest BCUT2D eigenvalue weighted by molar-refractivity contribution is 6.34. The zero-order chi connectivity index (χ0) is 17.5. The molecule has 0 saturated carbocycles. The number of unbranched alkanes of at least 4 members (excludes halogenated alkanes) is 2. The summed E-state index contributed by atoms with van der Waals surface area (Å²) < 4.78 is 0. The predicted molar refractivity (Wildman–Crippen MR) is 93.5 cm³/mol. The second-order valence-corrected chi connectivity index (χ2v) is 5.79. The Bertz CT molecular complexity index is 732. The first kappa shape index (κ1) is 17.9. The minimum Gasteiger partial charge on any atom is -0.319 e. The van der Waals surface area contributed by atoms with Crippen LogP contribution < -0.4 is 5.32 Å². The standard InChI is InChI=1S/C17H18ClN3O3/c1-2-3-4-5-12-6-8-16(19-11-12)17(22)20-15-9-7-13(21(23)24)10-14(15)18/h6-11H,2-5H2,1H3,(H,20,22). The van der Waals surface area contributed by atoms with Crippen molar-refractivity contribution in [3.63, 3.8) is 0 Å². The maximum atomic E-state index is 12.2. The molecule has 0 fully saturated rings. The number of nitrogens with zero attached hydrogens (tertiary/aromatic N) is 2. The van der Waals surface area contributed by atoms with Crippen molar-refractivity contribution in [1.82, 2.24) is 4.98 Å². The molecule has 0 spiro atoms. The molecule has 2 aromatic rings. The third kappa shape index (κ3) is 4.76. The van der Waals surface area contributed by atoms with Crippen LogP contribution in [-0.2, 0) is 6.42 Å². The molecule has 0 atom stereocenters. The van der Waals surface area contributed by atoms with E-state index >= 15 is 0 Å². The number of nitro groups is 1. The molecule has 0 bridgehead atoms. The molecule has 1 heterocycles. The van der Waals surface area contributed by atoms with Gasteiger partial charge in [0, 0.05) is 18.3 Å². The van der Waals surface area contributed by atoms with Crippen LogP contribution in [0.25, 0.3) is 0 Å². The number of amides is 1. The third-order valence-electron chi connectivity index (χ3n) is 3.54. The van der Waals surface area contributed by atoms with Gasteiger partial charge in [-0.3, -0.25) is 19.9 Å². The van der Waals surface area contributed by atoms with Crippen molar-refractivity contribution in [3.8, 4) is 0 Å². The van der Waals surface area contributed by atoms with E-state index in [1.807, 2.05) is 6.07 Å². The van der Waals surface area contributed by atoms with Crippen LogP contribution in [0.15, 0.2) is 36.5 Å². The van der Waals surface area contributed by atoms with Gasteiger partial charge in [-0.05, 0) is 30.5 Å². The Labute approximate surface area is 145 Å². The molecule has 1 amide bonds. The highest BCUT2D eigenvalue weighted by Crippen LogP contribution is 2.26. The number of halogens is 1. The van der Waals surface area contributed by atoms with Gasteiger partial charge in [0.05, 0.1) is 15.6 Å². The van der Waals surface area contributed by atoms with Gasteiger partial charge in [0.2, 0.25) is 0 Å². The van der Waals surface area contributed by atoms with Gasteiger partial charge in [-0.2, -0.15) is 0 Å². The van der Waals surface area contributed by atoms with Crippen LogP contribution in [0.5, 0.6) is 0 Å². The lowest BCUT2D eigenvalue weighted by molar-refractivity contribution is -0.384. The van der Waals surface area contributed by atoms with Crippen molar-refractivity contribution < 1.29 is 9.72 Å². The molecular weight excluding hydrogens is 330 g/mol. The van der Waals surface area contributed by atoms with Crippen molar-refractivity contribution in [2.24, 2.45) is 0 Å². The van der Waals surface area contributed by atoms with E-state index in [-0.39, 0.29) is 16.4 Å². The fourth-order valence-corrected chi connectivity index (χ4v) is 2.41. The zero-order valence-corrected chi connectivity index (χ0v) is 14.0. The fraction of sp³-hybridized carbons (Fsp3) is 0.294. The van der Waals surface area contributed by atoms with Crippen LogP contribution in [0.1, 0.15) is 42.2 Å². The molecule has 0 aliphatic heterocycles. The lowest BCUT2D eigenvalue weighted by atomic mass is 10.1. The summed E-state index contributed by atoms with van der Waals surface area (Å²) in [7, 11) is 0. The largest absolute Gasteiger partial charge is 0.319 e. The van der Waals surface area contributed by atoms with Gasteiger partial charge in [-0.15, -0.1) is 0 Å². The number of hydrogen-bond acceptors (Lipinski definition) is 4. The number of nitrogens with one attached hydrogen (secondary N) is 1. The fourth-order valence-electron chi connectivity index (χ4n) is 2.19. The van der Waals surface area contributed by atoms with Crippen molar-refractivity contribution in [2.75, 3.05) is 5.32 Å². The Hall–Kier alpha value is -2.47. The Kier molecular flexibility index (Phi) is 6.26. The van der Waals surface area contributed by atoms with E-state index in [4.69, 9.17) is 11.6 Å². The van der Waals surface area contributed by atoms with Crippen LogP contribution >= 0.6 is 11.6 Å². The van der Waals surface area contributed by atoms with Gasteiger partial charge in [0.15, 0.2) is 0 Å². The molecule has 2 rings (SSSR count). The number of hydrogen-bond donors (Lipinski definition) is 1. The van der Waals surface area contributed by atoms with Crippen LogP contribution in [0, 0.1) is 10.1 Å². The lowest BCUT2D eigenvalue weighted by Crippen LogP contribution is -2.14. The van der Waals surface area contributed by atoms with Gasteiger partial charge >= 0.3 is 0 Å². The number of aromatic nitrogens is 1. The molecule has 0 radical (unpaired) electrons. The number of rotatable bonds is 7. The summed E-state index contributed by atoms with van der Waals surface area (Å²) in [6.07, 6.45) is 6.06. The molecule has 1 aromatic heterocycles. The number of aryl methyl sites for hydroxylation is 1. The minimum atomic E-state index is -0.545. The van der Waals surface area contributed by atoms with Crippen LogP contribution in [-0.4, -0.2) is 15.8 Å². The van der Waals surface area contributed by atoms with E-state index in [1.165, 1.54) is 24.6 Å². The van der Waals surface area contributed by atoms with Crippen molar-refractivity contribution in [1.29, 1.82) is 0 Å². The van der Waals surface area contributed by atoms with E-state index in [2.05, 4.69) is 17.2 Å². The number of non-ortho nitro benzene ring substituents is 1. The number of carbonyl (C=O) groups excluding carboxylic acids is 1. The first-order chi connectivity index (χ1) is 11.5. The smallest absolute Gasteiger partial charge is 0.274 e. The topological polar surface area (TPSA) is 85.1 Å². The summed E-state index contributed by atoms with van der Waals surface area (Å²) in [4.78, 5) is 26.5. The van der Waals surface area contributed by atoms with Crippen molar-refractivity contribution in [3.05, 3.63) is 62.9 Å². The highest BCUT2D eigenvalue weighted by atomic mass is 35.5. The van der Waals surface area contributed by atoms with E-state index in [1.54, 1.807) is 12.3 Å². The summed E-state index contributed by atoms with van der Waals surface area (Å²) in [5, 5.41) is 13.4. The molecule has 0 aliphatic carbocycles. The summed E-state index contributed by atoms with van der Waals surface area (Å²) in [6, 6.07) is 7.43. The van der Waals surface area contributed by atoms with Gasteiger partial charge in [0.1, 0.15) is 5.69 Å². The Balaban J connectivity index is 2.03. The maximum Gasteiger partial charge on any atom is 0.274 e. The lowest BCUT2D eigenvalue weighted by Gasteiger charge is -2.07. The van der Waals surface area contributed by atoms with Gasteiger partial charge in [0.25, 0.3) is 11.6 Å². The van der Waals surface area contributed by atoms with Gasteiger partial charge < -0.3 is 5.32 Å². The van der Waals surface area contributed by atoms with Crippen LogP contribution in [0.2, 0.25) is 5.02 Å². The number of anilines is 1. The number of benzene rings is 1. The van der Waals surface area contributed by atoms with Crippen molar-refractivity contribution >= 4 is 28.9 Å². The Morgan fingerprint density at radius 1 is 1.29 bits per heavy atom. The molecule has 1 N–H and O–H groups in total. The van der Waals surface area contributed by atoms with Crippen LogP contribution in [0.4, 0.5) is 11.4 Å². The molecule has 6 nitrogen and oxygen atoms in total. The van der Waals surface area contributed by atoms with E-state index in [0.29, 0.717) is 5.69 Å². The van der Waals surface area contributed by atoms with Crippen LogP contribution in [0.3, 0.4) is 0 Å². The molecule has 126 valence electrons. The quantitative estimate of drug-likeness (QED) is 0.449. The maximum absolute atomic E-state index is 12.2. The Morgan fingerprint density at radius 2 is 2.08 bits per heavy atom. The molecule has 0 saturated heterocycles. The monoisotopic (exact) mass is 347 g/mol. The van der Waals surface area contributed by atoms with Gasteiger partial charge in [-0.1, -0.05) is 37.4 Å².